The fourth-order valence-electron chi connectivity index (χ4n) is 3.41. The summed E-state index contributed by atoms with van der Waals surface area (Å²) in [6, 6.07) is 2.23. The number of piperazine rings is 1. The molecule has 2 aliphatic heterocycles. The van der Waals surface area contributed by atoms with Gasteiger partial charge in [0, 0.05) is 37.8 Å². The normalized spacial score (nSPS) is 37.2. The van der Waals surface area contributed by atoms with Crippen LogP contribution in [0.3, 0.4) is 0 Å². The van der Waals surface area contributed by atoms with Gasteiger partial charge in [-0.15, -0.1) is 0 Å². The van der Waals surface area contributed by atoms with Crippen molar-refractivity contribution in [2.75, 3.05) is 33.2 Å². The Morgan fingerprint density at radius 2 is 2.12 bits per heavy atom. The van der Waals surface area contributed by atoms with Crippen molar-refractivity contribution in [1.29, 1.82) is 0 Å². The molecule has 17 heavy (non-hydrogen) atoms. The Kier molecular flexibility index (Phi) is 4.83. The first kappa shape index (κ1) is 13.3. The highest BCUT2D eigenvalue weighted by atomic mass is 15.3. The van der Waals surface area contributed by atoms with Gasteiger partial charge >= 0.3 is 0 Å². The molecule has 3 unspecified atom stereocenters. The van der Waals surface area contributed by atoms with Gasteiger partial charge in [-0.1, -0.05) is 13.3 Å². The molecule has 3 nitrogen and oxygen atoms in total. The molecule has 2 rings (SSSR count). The van der Waals surface area contributed by atoms with Crippen molar-refractivity contribution in [3.05, 3.63) is 0 Å². The summed E-state index contributed by atoms with van der Waals surface area (Å²) in [5, 5.41) is 3.69. The van der Waals surface area contributed by atoms with Crippen LogP contribution in [0.1, 0.15) is 39.5 Å². The molecule has 2 fully saturated rings. The van der Waals surface area contributed by atoms with Crippen LogP contribution in [0.15, 0.2) is 0 Å². The van der Waals surface area contributed by atoms with E-state index in [0.29, 0.717) is 6.04 Å². The number of likely N-dealkylation sites (tertiary alicyclic amines) is 1. The van der Waals surface area contributed by atoms with Gasteiger partial charge in [0.05, 0.1) is 0 Å². The maximum absolute atomic E-state index is 3.69. The lowest BCUT2D eigenvalue weighted by atomic mass is 9.98. The van der Waals surface area contributed by atoms with E-state index in [-0.39, 0.29) is 0 Å². The van der Waals surface area contributed by atoms with Gasteiger partial charge in [-0.2, -0.15) is 0 Å². The molecular formula is C14H29N3. The van der Waals surface area contributed by atoms with Gasteiger partial charge in [-0.05, 0) is 39.8 Å². The highest BCUT2D eigenvalue weighted by molar-refractivity contribution is 4.90. The van der Waals surface area contributed by atoms with Crippen molar-refractivity contribution in [1.82, 2.24) is 15.1 Å². The lowest BCUT2D eigenvalue weighted by Crippen LogP contribution is -2.61. The van der Waals surface area contributed by atoms with Crippen LogP contribution >= 0.6 is 0 Å². The van der Waals surface area contributed by atoms with Gasteiger partial charge in [0.25, 0.3) is 0 Å². The Hall–Kier alpha value is -0.120. The molecule has 0 aromatic carbocycles. The number of nitrogens with zero attached hydrogens (tertiary/aromatic N) is 2. The summed E-state index contributed by atoms with van der Waals surface area (Å²) in [7, 11) is 2.27. The zero-order valence-corrected chi connectivity index (χ0v) is 11.8. The van der Waals surface area contributed by atoms with E-state index in [1.54, 1.807) is 0 Å². The molecule has 1 N–H and O–H groups in total. The second-order valence-electron chi connectivity index (χ2n) is 6.00. The van der Waals surface area contributed by atoms with Crippen molar-refractivity contribution in [2.45, 2.75) is 57.7 Å². The summed E-state index contributed by atoms with van der Waals surface area (Å²) in [4.78, 5) is 5.27. The average Bonchev–Trinajstić information content (AvgIpc) is 2.32. The minimum absolute atomic E-state index is 0.708. The lowest BCUT2D eigenvalue weighted by molar-refractivity contribution is 0.0473. The quantitative estimate of drug-likeness (QED) is 0.806. The number of rotatable bonds is 3. The van der Waals surface area contributed by atoms with E-state index in [1.807, 2.05) is 0 Å². The van der Waals surface area contributed by atoms with Crippen LogP contribution in [0, 0.1) is 0 Å². The molecule has 0 aromatic rings. The molecule has 0 aliphatic carbocycles. The van der Waals surface area contributed by atoms with Gasteiger partial charge in [0.1, 0.15) is 0 Å². The first-order valence-electron chi connectivity index (χ1n) is 7.38. The zero-order valence-electron chi connectivity index (χ0n) is 11.8. The second-order valence-corrected chi connectivity index (χ2v) is 6.00. The van der Waals surface area contributed by atoms with Crippen molar-refractivity contribution in [2.24, 2.45) is 0 Å². The van der Waals surface area contributed by atoms with E-state index >= 15 is 0 Å². The average molecular weight is 239 g/mol. The fraction of sp³-hybridized carbons (Fsp3) is 1.00. The van der Waals surface area contributed by atoms with E-state index in [9.17, 15) is 0 Å². The van der Waals surface area contributed by atoms with E-state index in [4.69, 9.17) is 0 Å². The number of piperidine rings is 1. The van der Waals surface area contributed by atoms with Crippen molar-refractivity contribution >= 4 is 0 Å². The predicted octanol–water partition coefficient (Wildman–Crippen LogP) is 1.54. The van der Waals surface area contributed by atoms with Gasteiger partial charge in [-0.25, -0.2) is 0 Å². The second kappa shape index (κ2) is 6.17. The van der Waals surface area contributed by atoms with Crippen LogP contribution in [0.25, 0.3) is 0 Å². The van der Waals surface area contributed by atoms with Crippen LogP contribution < -0.4 is 5.32 Å². The first-order chi connectivity index (χ1) is 8.20. The summed E-state index contributed by atoms with van der Waals surface area (Å²) in [6.07, 6.45) is 5.39. The third-order valence-electron chi connectivity index (χ3n) is 4.41. The fourth-order valence-corrected chi connectivity index (χ4v) is 3.41. The molecule has 2 saturated heterocycles. The monoisotopic (exact) mass is 239 g/mol. The maximum atomic E-state index is 3.69. The van der Waals surface area contributed by atoms with Gasteiger partial charge in [-0.3, -0.25) is 4.90 Å². The molecule has 0 amide bonds. The predicted molar refractivity (Wildman–Crippen MR) is 73.4 cm³/mol. The third-order valence-corrected chi connectivity index (χ3v) is 4.41. The molecular weight excluding hydrogens is 210 g/mol. The van der Waals surface area contributed by atoms with E-state index < -0.39 is 0 Å². The van der Waals surface area contributed by atoms with Crippen molar-refractivity contribution < 1.29 is 0 Å². The summed E-state index contributed by atoms with van der Waals surface area (Å²) in [6.45, 7) is 9.65. The van der Waals surface area contributed by atoms with Crippen LogP contribution in [-0.2, 0) is 0 Å². The minimum Gasteiger partial charge on any atom is -0.311 e. The number of likely N-dealkylation sites (N-methyl/N-ethyl adjacent to an activating group) is 1. The lowest BCUT2D eigenvalue weighted by Gasteiger charge is -2.46. The Labute approximate surface area is 107 Å². The molecule has 0 radical (unpaired) electrons. The molecule has 0 bridgehead atoms. The minimum atomic E-state index is 0.708. The van der Waals surface area contributed by atoms with Gasteiger partial charge in [0.2, 0.25) is 0 Å². The molecule has 2 aliphatic rings. The topological polar surface area (TPSA) is 18.5 Å². The first-order valence-corrected chi connectivity index (χ1v) is 7.38. The molecule has 100 valence electrons. The Morgan fingerprint density at radius 1 is 1.29 bits per heavy atom. The highest BCUT2D eigenvalue weighted by Crippen LogP contribution is 2.20. The van der Waals surface area contributed by atoms with Crippen molar-refractivity contribution in [3.8, 4) is 0 Å². The van der Waals surface area contributed by atoms with Crippen molar-refractivity contribution in [3.63, 3.8) is 0 Å². The van der Waals surface area contributed by atoms with Gasteiger partial charge in [0.15, 0.2) is 0 Å². The highest BCUT2D eigenvalue weighted by Gasteiger charge is 2.31. The summed E-state index contributed by atoms with van der Waals surface area (Å²) < 4.78 is 0. The summed E-state index contributed by atoms with van der Waals surface area (Å²) >= 11 is 0. The third kappa shape index (κ3) is 3.43. The van der Waals surface area contributed by atoms with Crippen LogP contribution in [0.5, 0.6) is 0 Å². The largest absolute Gasteiger partial charge is 0.311 e. The Balaban J connectivity index is 1.92. The van der Waals surface area contributed by atoms with E-state index in [1.165, 1.54) is 51.9 Å². The molecule has 0 spiro atoms. The summed E-state index contributed by atoms with van der Waals surface area (Å²) in [5.41, 5.74) is 0. The number of nitrogens with one attached hydrogen (secondary N) is 1. The number of hydrogen-bond donors (Lipinski definition) is 1. The van der Waals surface area contributed by atoms with Gasteiger partial charge < -0.3 is 10.2 Å². The van der Waals surface area contributed by atoms with E-state index in [2.05, 4.69) is 36.0 Å². The SMILES string of the molecule is CCCC1CN(C2CCCN(C)C2)C(C)CN1. The molecule has 3 atom stereocenters. The standard InChI is InChI=1S/C14H29N3/c1-4-6-13-10-17(12(2)9-15-13)14-7-5-8-16(3)11-14/h12-15H,4-11H2,1-3H3. The van der Waals surface area contributed by atoms with Crippen LogP contribution in [0.2, 0.25) is 0 Å². The summed E-state index contributed by atoms with van der Waals surface area (Å²) in [5.74, 6) is 0. The molecule has 0 aromatic heterocycles. The Morgan fingerprint density at radius 3 is 2.82 bits per heavy atom. The number of hydrogen-bond acceptors (Lipinski definition) is 3. The van der Waals surface area contributed by atoms with Crippen LogP contribution in [-0.4, -0.2) is 61.2 Å². The maximum Gasteiger partial charge on any atom is 0.0227 e. The van der Waals surface area contributed by atoms with E-state index in [0.717, 1.165) is 12.1 Å². The molecule has 3 heteroatoms. The van der Waals surface area contributed by atoms with Crippen LogP contribution in [0.4, 0.5) is 0 Å². The Bertz CT molecular complexity index is 232. The zero-order chi connectivity index (χ0) is 12.3. The smallest absolute Gasteiger partial charge is 0.0227 e. The molecule has 0 saturated carbocycles. The molecule has 2 heterocycles.